The SMILES string of the molecule is O=C(c1ccccc1)[C@@H]1C(=O)N2[C@H](C(=O)O)CS[C@@H]12. The Labute approximate surface area is 113 Å². The molecule has 1 amide bonds. The molecule has 3 atom stereocenters. The second-order valence-corrected chi connectivity index (χ2v) is 5.68. The molecule has 6 heteroatoms. The lowest BCUT2D eigenvalue weighted by atomic mass is 9.88. The highest BCUT2D eigenvalue weighted by molar-refractivity contribution is 8.00. The van der Waals surface area contributed by atoms with Gasteiger partial charge in [-0.05, 0) is 0 Å². The number of carboxylic acids is 1. The van der Waals surface area contributed by atoms with Crippen molar-refractivity contribution in [2.45, 2.75) is 11.4 Å². The Balaban J connectivity index is 1.81. The van der Waals surface area contributed by atoms with Gasteiger partial charge in [0.1, 0.15) is 12.0 Å². The van der Waals surface area contributed by atoms with Crippen LogP contribution in [0.1, 0.15) is 10.4 Å². The standard InChI is InChI=1S/C13H11NO4S/c15-10(7-4-2-1-3-5-7)9-11(16)14-8(13(17)18)6-19-12(9)14/h1-5,8-9,12H,6H2,(H,17,18)/t8-,9+,12-/m0/s1. The van der Waals surface area contributed by atoms with Crippen molar-refractivity contribution >= 4 is 29.4 Å². The Bertz CT molecular complexity index is 559. The van der Waals surface area contributed by atoms with Crippen LogP contribution in [0.15, 0.2) is 30.3 Å². The second kappa shape index (κ2) is 4.38. The highest BCUT2D eigenvalue weighted by Crippen LogP contribution is 2.44. The molecule has 0 spiro atoms. The number of carbonyl (C=O) groups is 3. The first-order valence-corrected chi connectivity index (χ1v) is 6.92. The number of rotatable bonds is 3. The van der Waals surface area contributed by atoms with E-state index in [1.165, 1.54) is 16.7 Å². The molecule has 1 aromatic rings. The largest absolute Gasteiger partial charge is 0.480 e. The smallest absolute Gasteiger partial charge is 0.327 e. The lowest BCUT2D eigenvalue weighted by Gasteiger charge is -2.42. The van der Waals surface area contributed by atoms with Gasteiger partial charge in [-0.1, -0.05) is 30.3 Å². The molecule has 19 heavy (non-hydrogen) atoms. The van der Waals surface area contributed by atoms with E-state index in [0.29, 0.717) is 11.3 Å². The fourth-order valence-corrected chi connectivity index (χ4v) is 4.00. The van der Waals surface area contributed by atoms with Crippen molar-refractivity contribution in [2.75, 3.05) is 5.75 Å². The van der Waals surface area contributed by atoms with Gasteiger partial charge in [0, 0.05) is 11.3 Å². The number of hydrogen-bond donors (Lipinski definition) is 1. The van der Waals surface area contributed by atoms with Crippen molar-refractivity contribution in [3.05, 3.63) is 35.9 Å². The molecule has 1 aromatic carbocycles. The first-order chi connectivity index (χ1) is 9.11. The summed E-state index contributed by atoms with van der Waals surface area (Å²) in [4.78, 5) is 36.6. The summed E-state index contributed by atoms with van der Waals surface area (Å²) in [5.74, 6) is -1.96. The normalized spacial score (nSPS) is 28.7. The molecule has 0 aromatic heterocycles. The minimum Gasteiger partial charge on any atom is -0.480 e. The third-order valence-electron chi connectivity index (χ3n) is 3.47. The molecule has 0 aliphatic carbocycles. The van der Waals surface area contributed by atoms with Crippen molar-refractivity contribution in [2.24, 2.45) is 5.92 Å². The Morgan fingerprint density at radius 2 is 1.95 bits per heavy atom. The van der Waals surface area contributed by atoms with Crippen LogP contribution in [0.5, 0.6) is 0 Å². The van der Waals surface area contributed by atoms with Crippen LogP contribution in [0.25, 0.3) is 0 Å². The van der Waals surface area contributed by atoms with Crippen LogP contribution >= 0.6 is 11.8 Å². The third-order valence-corrected chi connectivity index (χ3v) is 4.82. The van der Waals surface area contributed by atoms with Gasteiger partial charge < -0.3 is 10.0 Å². The highest BCUT2D eigenvalue weighted by Gasteiger charge is 2.59. The minimum absolute atomic E-state index is 0.217. The van der Waals surface area contributed by atoms with Crippen LogP contribution in [0.3, 0.4) is 0 Å². The van der Waals surface area contributed by atoms with Gasteiger partial charge in [-0.15, -0.1) is 11.8 Å². The molecule has 1 N–H and O–H groups in total. The van der Waals surface area contributed by atoms with Crippen molar-refractivity contribution in [3.63, 3.8) is 0 Å². The van der Waals surface area contributed by atoms with Crippen molar-refractivity contribution in [3.8, 4) is 0 Å². The van der Waals surface area contributed by atoms with Crippen LogP contribution in [0, 0.1) is 5.92 Å². The molecule has 2 aliphatic rings. The molecule has 98 valence electrons. The number of thioether (sulfide) groups is 1. The number of carbonyl (C=O) groups excluding carboxylic acids is 2. The van der Waals surface area contributed by atoms with Crippen molar-refractivity contribution in [1.29, 1.82) is 0 Å². The maximum atomic E-state index is 12.2. The Morgan fingerprint density at radius 3 is 2.58 bits per heavy atom. The number of Topliss-reactive ketones (excluding diaryl/α,β-unsaturated/α-hetero) is 1. The summed E-state index contributed by atoms with van der Waals surface area (Å²) in [6.07, 6.45) is 0. The van der Waals surface area contributed by atoms with E-state index in [4.69, 9.17) is 5.11 Å². The zero-order chi connectivity index (χ0) is 13.6. The molecule has 2 fully saturated rings. The van der Waals surface area contributed by atoms with Gasteiger partial charge in [0.15, 0.2) is 5.78 Å². The first kappa shape index (κ1) is 12.2. The predicted molar refractivity (Wildman–Crippen MR) is 68.8 cm³/mol. The number of ketones is 1. The first-order valence-electron chi connectivity index (χ1n) is 5.87. The molecule has 0 radical (unpaired) electrons. The Kier molecular flexibility index (Phi) is 2.82. The van der Waals surface area contributed by atoms with E-state index in [-0.39, 0.29) is 17.1 Å². The Hall–Kier alpha value is -1.82. The molecule has 5 nitrogen and oxygen atoms in total. The number of hydrogen-bond acceptors (Lipinski definition) is 4. The maximum absolute atomic E-state index is 12.2. The van der Waals surface area contributed by atoms with Crippen LogP contribution in [0.2, 0.25) is 0 Å². The average Bonchev–Trinajstić information content (AvgIpc) is 2.79. The lowest BCUT2D eigenvalue weighted by molar-refractivity contribution is -0.159. The van der Waals surface area contributed by atoms with Gasteiger partial charge in [0.25, 0.3) is 0 Å². The number of amides is 1. The van der Waals surface area contributed by atoms with Gasteiger partial charge >= 0.3 is 5.97 Å². The molecule has 2 heterocycles. The van der Waals surface area contributed by atoms with E-state index in [1.54, 1.807) is 30.3 Å². The summed E-state index contributed by atoms with van der Waals surface area (Å²) in [5.41, 5.74) is 0.500. The van der Waals surface area contributed by atoms with Gasteiger partial charge in [-0.25, -0.2) is 4.79 Å². The third kappa shape index (κ3) is 1.74. The van der Waals surface area contributed by atoms with E-state index in [0.717, 1.165) is 0 Å². The summed E-state index contributed by atoms with van der Waals surface area (Å²) in [6, 6.07) is 7.85. The van der Waals surface area contributed by atoms with Crippen LogP contribution in [0.4, 0.5) is 0 Å². The summed E-state index contributed by atoms with van der Waals surface area (Å²) in [5, 5.41) is 8.68. The summed E-state index contributed by atoms with van der Waals surface area (Å²) < 4.78 is 0. The highest BCUT2D eigenvalue weighted by atomic mass is 32.2. The van der Waals surface area contributed by atoms with E-state index in [9.17, 15) is 14.4 Å². The molecule has 2 saturated heterocycles. The zero-order valence-electron chi connectivity index (χ0n) is 9.85. The maximum Gasteiger partial charge on any atom is 0.327 e. The number of aliphatic carboxylic acids is 1. The topological polar surface area (TPSA) is 74.7 Å². The fourth-order valence-electron chi connectivity index (χ4n) is 2.48. The number of benzene rings is 1. The number of fused-ring (bicyclic) bond motifs is 1. The Morgan fingerprint density at radius 1 is 1.26 bits per heavy atom. The second-order valence-electron chi connectivity index (χ2n) is 4.53. The van der Waals surface area contributed by atoms with E-state index in [1.807, 2.05) is 0 Å². The zero-order valence-corrected chi connectivity index (χ0v) is 10.7. The fraction of sp³-hybridized carbons (Fsp3) is 0.308. The number of β-lactam (4-membered cyclic amide) rings is 1. The van der Waals surface area contributed by atoms with Crippen molar-refractivity contribution < 1.29 is 19.5 Å². The van der Waals surface area contributed by atoms with E-state index >= 15 is 0 Å². The number of carboxylic acid groups (broad SMARTS) is 1. The van der Waals surface area contributed by atoms with Crippen molar-refractivity contribution in [1.82, 2.24) is 4.90 Å². The minimum atomic E-state index is -1.01. The van der Waals surface area contributed by atoms with Gasteiger partial charge in [-0.3, -0.25) is 9.59 Å². The average molecular weight is 277 g/mol. The van der Waals surface area contributed by atoms with E-state index in [2.05, 4.69) is 0 Å². The molecular weight excluding hydrogens is 266 g/mol. The summed E-state index contributed by atoms with van der Waals surface area (Å²) in [7, 11) is 0. The van der Waals surface area contributed by atoms with Crippen LogP contribution < -0.4 is 0 Å². The molecule has 0 unspecified atom stereocenters. The van der Waals surface area contributed by atoms with Gasteiger partial charge in [0.2, 0.25) is 5.91 Å². The molecule has 0 saturated carbocycles. The summed E-state index contributed by atoms with van der Waals surface area (Å²) in [6.45, 7) is 0. The van der Waals surface area contributed by atoms with Gasteiger partial charge in [-0.2, -0.15) is 0 Å². The molecule has 3 rings (SSSR count). The predicted octanol–water partition coefficient (Wildman–Crippen LogP) is 0.854. The van der Waals surface area contributed by atoms with Crippen LogP contribution in [-0.4, -0.2) is 44.8 Å². The molecular formula is C13H11NO4S. The van der Waals surface area contributed by atoms with Gasteiger partial charge in [0.05, 0.1) is 5.37 Å². The molecule has 2 aliphatic heterocycles. The monoisotopic (exact) mass is 277 g/mol. The van der Waals surface area contributed by atoms with Crippen LogP contribution in [-0.2, 0) is 9.59 Å². The number of nitrogens with zero attached hydrogens (tertiary/aromatic N) is 1. The quantitative estimate of drug-likeness (QED) is 0.504. The molecule has 0 bridgehead atoms. The lowest BCUT2D eigenvalue weighted by Crippen LogP contribution is -2.63. The van der Waals surface area contributed by atoms with E-state index < -0.39 is 17.9 Å². The summed E-state index contributed by atoms with van der Waals surface area (Å²) >= 11 is 1.37.